The van der Waals surface area contributed by atoms with Crippen molar-refractivity contribution in [3.8, 4) is 23.3 Å². The third-order valence-electron chi connectivity index (χ3n) is 5.87. The van der Waals surface area contributed by atoms with Gasteiger partial charge in [0.1, 0.15) is 17.6 Å². The summed E-state index contributed by atoms with van der Waals surface area (Å²) in [5.41, 5.74) is 2.37. The highest BCUT2D eigenvalue weighted by Gasteiger charge is 2.20. The number of rotatable bonds is 9. The van der Waals surface area contributed by atoms with Crippen molar-refractivity contribution in [2.45, 2.75) is 31.8 Å². The highest BCUT2D eigenvalue weighted by atomic mass is 16.5. The molecule has 1 amide bonds. The SMILES string of the molecule is COc1ccc(Nc2ccc(C#N)cn2)c(NC(=O)/C=C/c2cccc(OC)c2OC2CCCC2)c1. The maximum atomic E-state index is 12.9. The summed E-state index contributed by atoms with van der Waals surface area (Å²) in [4.78, 5) is 17.1. The Bertz CT molecular complexity index is 1280. The van der Waals surface area contributed by atoms with Gasteiger partial charge >= 0.3 is 0 Å². The van der Waals surface area contributed by atoms with Crippen molar-refractivity contribution in [1.29, 1.82) is 5.26 Å². The first-order chi connectivity index (χ1) is 17.6. The highest BCUT2D eigenvalue weighted by molar-refractivity contribution is 6.04. The molecule has 1 heterocycles. The average molecular weight is 485 g/mol. The third kappa shape index (κ3) is 6.13. The van der Waals surface area contributed by atoms with Crippen LogP contribution in [0.2, 0.25) is 0 Å². The smallest absolute Gasteiger partial charge is 0.248 e. The summed E-state index contributed by atoms with van der Waals surface area (Å²) in [6, 6.07) is 16.3. The molecule has 0 radical (unpaired) electrons. The fraction of sp³-hybridized carbons (Fsp3) is 0.250. The normalized spacial score (nSPS) is 13.2. The first-order valence-corrected chi connectivity index (χ1v) is 11.7. The maximum absolute atomic E-state index is 12.9. The van der Waals surface area contributed by atoms with Gasteiger partial charge in [0, 0.05) is 23.9 Å². The molecule has 0 aliphatic heterocycles. The van der Waals surface area contributed by atoms with Gasteiger partial charge in [-0.05, 0) is 62.1 Å². The zero-order chi connectivity index (χ0) is 25.3. The van der Waals surface area contributed by atoms with Crippen LogP contribution in [0.4, 0.5) is 17.2 Å². The van der Waals surface area contributed by atoms with Gasteiger partial charge in [0.2, 0.25) is 5.91 Å². The molecule has 1 aromatic heterocycles. The van der Waals surface area contributed by atoms with Gasteiger partial charge in [0.25, 0.3) is 0 Å². The Morgan fingerprint density at radius 3 is 2.61 bits per heavy atom. The van der Waals surface area contributed by atoms with Crippen LogP contribution in [0, 0.1) is 11.3 Å². The van der Waals surface area contributed by atoms with Crippen LogP contribution in [-0.2, 0) is 4.79 Å². The summed E-state index contributed by atoms with van der Waals surface area (Å²) < 4.78 is 17.1. The predicted molar refractivity (Wildman–Crippen MR) is 139 cm³/mol. The summed E-state index contributed by atoms with van der Waals surface area (Å²) in [5, 5.41) is 15.0. The quantitative estimate of drug-likeness (QED) is 0.376. The first-order valence-electron chi connectivity index (χ1n) is 11.7. The summed E-state index contributed by atoms with van der Waals surface area (Å²) in [7, 11) is 3.17. The van der Waals surface area contributed by atoms with Crippen LogP contribution >= 0.6 is 0 Å². The average Bonchev–Trinajstić information content (AvgIpc) is 3.42. The van der Waals surface area contributed by atoms with Gasteiger partial charge in [-0.15, -0.1) is 0 Å². The lowest BCUT2D eigenvalue weighted by Crippen LogP contribution is -2.13. The Morgan fingerprint density at radius 1 is 1.08 bits per heavy atom. The Labute approximate surface area is 210 Å². The number of carbonyl (C=O) groups excluding carboxylic acids is 1. The molecule has 8 nitrogen and oxygen atoms in total. The number of para-hydroxylation sites is 1. The molecule has 0 saturated heterocycles. The van der Waals surface area contributed by atoms with Crippen LogP contribution in [-0.4, -0.2) is 31.2 Å². The minimum absolute atomic E-state index is 0.156. The van der Waals surface area contributed by atoms with Crippen molar-refractivity contribution in [3.63, 3.8) is 0 Å². The van der Waals surface area contributed by atoms with Crippen LogP contribution in [0.15, 0.2) is 60.8 Å². The van der Waals surface area contributed by atoms with E-state index < -0.39 is 0 Å². The molecular weight excluding hydrogens is 456 g/mol. The van der Waals surface area contributed by atoms with Gasteiger partial charge in [0.15, 0.2) is 11.5 Å². The molecule has 184 valence electrons. The van der Waals surface area contributed by atoms with E-state index in [1.165, 1.54) is 12.3 Å². The molecule has 0 bridgehead atoms. The van der Waals surface area contributed by atoms with Crippen molar-refractivity contribution in [2.75, 3.05) is 24.9 Å². The number of hydrogen-bond acceptors (Lipinski definition) is 7. The van der Waals surface area contributed by atoms with E-state index in [0.717, 1.165) is 31.2 Å². The number of nitrogens with zero attached hydrogens (tertiary/aromatic N) is 2. The summed E-state index contributed by atoms with van der Waals surface area (Å²) in [6.07, 6.45) is 9.15. The number of carbonyl (C=O) groups is 1. The zero-order valence-electron chi connectivity index (χ0n) is 20.3. The van der Waals surface area contributed by atoms with Gasteiger partial charge < -0.3 is 24.8 Å². The van der Waals surface area contributed by atoms with Crippen LogP contribution in [0.25, 0.3) is 6.08 Å². The number of pyridine rings is 1. The first kappa shape index (κ1) is 24.6. The fourth-order valence-electron chi connectivity index (χ4n) is 4.00. The predicted octanol–water partition coefficient (Wildman–Crippen LogP) is 5.69. The number of anilines is 3. The number of benzene rings is 2. The number of amides is 1. The minimum Gasteiger partial charge on any atom is -0.497 e. The van der Waals surface area contributed by atoms with E-state index >= 15 is 0 Å². The van der Waals surface area contributed by atoms with Crippen LogP contribution in [0.1, 0.15) is 36.8 Å². The van der Waals surface area contributed by atoms with Gasteiger partial charge in [-0.3, -0.25) is 4.79 Å². The van der Waals surface area contributed by atoms with Crippen molar-refractivity contribution in [2.24, 2.45) is 0 Å². The van der Waals surface area contributed by atoms with Crippen molar-refractivity contribution < 1.29 is 19.0 Å². The van der Waals surface area contributed by atoms with Crippen molar-refractivity contribution in [1.82, 2.24) is 4.98 Å². The molecule has 1 fully saturated rings. The van der Waals surface area contributed by atoms with E-state index in [4.69, 9.17) is 19.5 Å². The molecule has 8 heteroatoms. The molecule has 1 aliphatic rings. The molecule has 1 saturated carbocycles. The molecule has 3 aromatic rings. The van der Waals surface area contributed by atoms with E-state index in [-0.39, 0.29) is 12.0 Å². The topological polar surface area (TPSA) is 106 Å². The number of nitrogens with one attached hydrogen (secondary N) is 2. The molecule has 2 aromatic carbocycles. The number of aromatic nitrogens is 1. The lowest BCUT2D eigenvalue weighted by molar-refractivity contribution is -0.111. The van der Waals surface area contributed by atoms with Gasteiger partial charge in [-0.2, -0.15) is 5.26 Å². The fourth-order valence-corrected chi connectivity index (χ4v) is 4.00. The second-order valence-electron chi connectivity index (χ2n) is 8.31. The van der Waals surface area contributed by atoms with Crippen molar-refractivity contribution in [3.05, 3.63) is 71.9 Å². The maximum Gasteiger partial charge on any atom is 0.248 e. The monoisotopic (exact) mass is 484 g/mol. The molecule has 4 rings (SSSR count). The van der Waals surface area contributed by atoms with E-state index in [9.17, 15) is 4.79 Å². The van der Waals surface area contributed by atoms with E-state index in [2.05, 4.69) is 15.6 Å². The second-order valence-corrected chi connectivity index (χ2v) is 8.31. The molecule has 1 aliphatic carbocycles. The van der Waals surface area contributed by atoms with Crippen LogP contribution in [0.3, 0.4) is 0 Å². The number of nitriles is 1. The molecule has 36 heavy (non-hydrogen) atoms. The van der Waals surface area contributed by atoms with Gasteiger partial charge in [0.05, 0.1) is 37.3 Å². The largest absolute Gasteiger partial charge is 0.497 e. The van der Waals surface area contributed by atoms with Crippen LogP contribution in [0.5, 0.6) is 17.2 Å². The van der Waals surface area contributed by atoms with Gasteiger partial charge in [-0.25, -0.2) is 4.98 Å². The molecule has 0 atom stereocenters. The molecular formula is C28H28N4O4. The molecule has 2 N–H and O–H groups in total. The Kier molecular flexibility index (Phi) is 8.04. The lowest BCUT2D eigenvalue weighted by atomic mass is 10.1. The summed E-state index contributed by atoms with van der Waals surface area (Å²) >= 11 is 0. The Balaban J connectivity index is 1.53. The summed E-state index contributed by atoms with van der Waals surface area (Å²) in [5.74, 6) is 2.09. The van der Waals surface area contributed by atoms with E-state index in [1.807, 2.05) is 24.3 Å². The highest BCUT2D eigenvalue weighted by Crippen LogP contribution is 2.36. The standard InChI is InChI=1S/C28H28N4O4/c1-34-22-12-13-23(31-26-14-10-19(17-29)18-30-26)24(16-22)32-27(33)15-11-20-6-5-9-25(35-2)28(20)36-21-7-3-4-8-21/h5-6,9-16,18,21H,3-4,7-8H2,1-2H3,(H,30,31)(H,32,33)/b15-11+. The Hall–Kier alpha value is -4.51. The van der Waals surface area contributed by atoms with E-state index in [1.54, 1.807) is 50.6 Å². The number of ether oxygens (including phenoxy) is 3. The third-order valence-corrected chi connectivity index (χ3v) is 5.87. The van der Waals surface area contributed by atoms with Crippen LogP contribution < -0.4 is 24.8 Å². The number of methoxy groups -OCH3 is 2. The molecule has 0 unspecified atom stereocenters. The minimum atomic E-state index is -0.325. The van der Waals surface area contributed by atoms with Crippen molar-refractivity contribution >= 4 is 29.2 Å². The zero-order valence-corrected chi connectivity index (χ0v) is 20.3. The molecule has 0 spiro atoms. The second kappa shape index (κ2) is 11.8. The number of hydrogen-bond donors (Lipinski definition) is 2. The Morgan fingerprint density at radius 2 is 1.92 bits per heavy atom. The lowest BCUT2D eigenvalue weighted by Gasteiger charge is -2.18. The van der Waals surface area contributed by atoms with E-state index in [0.29, 0.717) is 40.0 Å². The van der Waals surface area contributed by atoms with Gasteiger partial charge in [-0.1, -0.05) is 12.1 Å². The summed E-state index contributed by atoms with van der Waals surface area (Å²) in [6.45, 7) is 0.